The Morgan fingerprint density at radius 2 is 1.56 bits per heavy atom. The SMILES string of the molecule is CCNCC1CCN(C(=O)c2ccccc2C(=O)c2ccccc2)CC1.Cl. The van der Waals surface area contributed by atoms with Crippen molar-refractivity contribution in [1.82, 2.24) is 10.2 Å². The van der Waals surface area contributed by atoms with Gasteiger partial charge in [-0.25, -0.2) is 0 Å². The summed E-state index contributed by atoms with van der Waals surface area (Å²) in [6.45, 7) is 5.61. The quantitative estimate of drug-likeness (QED) is 0.768. The fraction of sp³-hybridized carbons (Fsp3) is 0.364. The normalized spacial score (nSPS) is 14.5. The van der Waals surface area contributed by atoms with Crippen LogP contribution in [0.4, 0.5) is 0 Å². The zero-order valence-electron chi connectivity index (χ0n) is 15.7. The van der Waals surface area contributed by atoms with Gasteiger partial charge in [-0.1, -0.05) is 55.5 Å². The Morgan fingerprint density at radius 1 is 0.963 bits per heavy atom. The minimum Gasteiger partial charge on any atom is -0.339 e. The highest BCUT2D eigenvalue weighted by Crippen LogP contribution is 2.21. The number of halogens is 1. The van der Waals surface area contributed by atoms with Crippen LogP contribution in [0.15, 0.2) is 54.6 Å². The molecule has 2 aromatic carbocycles. The third-order valence-corrected chi connectivity index (χ3v) is 5.02. The average molecular weight is 387 g/mol. The van der Waals surface area contributed by atoms with Gasteiger partial charge in [0.15, 0.2) is 5.78 Å². The Morgan fingerprint density at radius 3 is 2.19 bits per heavy atom. The molecule has 5 heteroatoms. The van der Waals surface area contributed by atoms with Crippen molar-refractivity contribution >= 4 is 24.1 Å². The summed E-state index contributed by atoms with van der Waals surface area (Å²) in [4.78, 5) is 27.8. The molecule has 27 heavy (non-hydrogen) atoms. The molecule has 0 bridgehead atoms. The molecule has 1 amide bonds. The van der Waals surface area contributed by atoms with E-state index in [0.29, 0.717) is 22.6 Å². The van der Waals surface area contributed by atoms with E-state index in [2.05, 4.69) is 12.2 Å². The Bertz CT molecular complexity index is 756. The summed E-state index contributed by atoms with van der Waals surface area (Å²) in [5, 5.41) is 3.39. The molecule has 1 aliphatic rings. The van der Waals surface area contributed by atoms with Crippen LogP contribution in [0.1, 0.15) is 46.0 Å². The number of ketones is 1. The number of nitrogens with one attached hydrogen (secondary N) is 1. The molecule has 0 aliphatic carbocycles. The van der Waals surface area contributed by atoms with Gasteiger partial charge in [0.25, 0.3) is 5.91 Å². The van der Waals surface area contributed by atoms with Gasteiger partial charge in [-0.15, -0.1) is 12.4 Å². The number of carbonyl (C=O) groups is 2. The van der Waals surface area contributed by atoms with Crippen molar-refractivity contribution in [2.24, 2.45) is 5.92 Å². The Hall–Kier alpha value is -2.17. The molecule has 1 saturated heterocycles. The highest BCUT2D eigenvalue weighted by Gasteiger charge is 2.26. The maximum atomic E-state index is 13.0. The number of carbonyl (C=O) groups excluding carboxylic acids is 2. The van der Waals surface area contributed by atoms with E-state index in [1.165, 1.54) is 0 Å². The summed E-state index contributed by atoms with van der Waals surface area (Å²) in [5.74, 6) is 0.489. The van der Waals surface area contributed by atoms with Crippen molar-refractivity contribution in [2.75, 3.05) is 26.2 Å². The van der Waals surface area contributed by atoms with Crippen LogP contribution in [0.3, 0.4) is 0 Å². The molecule has 4 nitrogen and oxygen atoms in total. The lowest BCUT2D eigenvalue weighted by Crippen LogP contribution is -2.41. The minimum absolute atomic E-state index is 0. The molecule has 3 rings (SSSR count). The second-order valence-corrected chi connectivity index (χ2v) is 6.78. The molecule has 144 valence electrons. The van der Waals surface area contributed by atoms with Gasteiger partial charge in [-0.05, 0) is 37.9 Å². The van der Waals surface area contributed by atoms with E-state index in [9.17, 15) is 9.59 Å². The summed E-state index contributed by atoms with van der Waals surface area (Å²) in [7, 11) is 0. The summed E-state index contributed by atoms with van der Waals surface area (Å²) < 4.78 is 0. The molecule has 0 aromatic heterocycles. The zero-order valence-corrected chi connectivity index (χ0v) is 16.5. The predicted octanol–water partition coefficient (Wildman–Crippen LogP) is 3.80. The third kappa shape index (κ3) is 5.18. The number of nitrogens with zero attached hydrogens (tertiary/aromatic N) is 1. The van der Waals surface area contributed by atoms with E-state index >= 15 is 0 Å². The summed E-state index contributed by atoms with van der Waals surface area (Å²) in [6.07, 6.45) is 2.01. The number of benzene rings is 2. The summed E-state index contributed by atoms with van der Waals surface area (Å²) in [6, 6.07) is 16.3. The maximum Gasteiger partial charge on any atom is 0.254 e. The number of hydrogen-bond acceptors (Lipinski definition) is 3. The molecule has 1 aliphatic heterocycles. The van der Waals surface area contributed by atoms with Crippen LogP contribution in [-0.4, -0.2) is 42.8 Å². The van der Waals surface area contributed by atoms with Gasteiger partial charge in [0.2, 0.25) is 0 Å². The lowest BCUT2D eigenvalue weighted by molar-refractivity contribution is 0.0687. The van der Waals surface area contributed by atoms with Crippen LogP contribution in [0.5, 0.6) is 0 Å². The Labute approximate surface area is 167 Å². The fourth-order valence-corrected chi connectivity index (χ4v) is 3.47. The lowest BCUT2D eigenvalue weighted by atomic mass is 9.94. The van der Waals surface area contributed by atoms with Gasteiger partial charge in [0, 0.05) is 24.2 Å². The van der Waals surface area contributed by atoms with Crippen molar-refractivity contribution < 1.29 is 9.59 Å². The predicted molar refractivity (Wildman–Crippen MR) is 111 cm³/mol. The molecular weight excluding hydrogens is 360 g/mol. The molecule has 1 fully saturated rings. The fourth-order valence-electron chi connectivity index (χ4n) is 3.47. The van der Waals surface area contributed by atoms with Crippen molar-refractivity contribution in [2.45, 2.75) is 19.8 Å². The van der Waals surface area contributed by atoms with Crippen LogP contribution in [0, 0.1) is 5.92 Å². The van der Waals surface area contributed by atoms with Gasteiger partial charge in [-0.3, -0.25) is 9.59 Å². The highest BCUT2D eigenvalue weighted by molar-refractivity contribution is 6.15. The van der Waals surface area contributed by atoms with Crippen LogP contribution < -0.4 is 5.32 Å². The Balaban J connectivity index is 0.00000261. The first-order valence-corrected chi connectivity index (χ1v) is 9.39. The van der Waals surface area contributed by atoms with Crippen molar-refractivity contribution in [3.8, 4) is 0 Å². The smallest absolute Gasteiger partial charge is 0.254 e. The van der Waals surface area contributed by atoms with Gasteiger partial charge >= 0.3 is 0 Å². The largest absolute Gasteiger partial charge is 0.339 e. The first-order valence-electron chi connectivity index (χ1n) is 9.39. The van der Waals surface area contributed by atoms with E-state index < -0.39 is 0 Å². The molecular formula is C22H27ClN2O2. The molecule has 1 N–H and O–H groups in total. The molecule has 1 heterocycles. The van der Waals surface area contributed by atoms with Crippen molar-refractivity contribution in [3.63, 3.8) is 0 Å². The van der Waals surface area contributed by atoms with E-state index in [1.807, 2.05) is 35.2 Å². The zero-order chi connectivity index (χ0) is 18.4. The maximum absolute atomic E-state index is 13.0. The van der Waals surface area contributed by atoms with Crippen LogP contribution >= 0.6 is 12.4 Å². The van der Waals surface area contributed by atoms with E-state index in [-0.39, 0.29) is 24.1 Å². The number of likely N-dealkylation sites (tertiary alicyclic amines) is 1. The second kappa shape index (κ2) is 10.2. The minimum atomic E-state index is -0.100. The highest BCUT2D eigenvalue weighted by atomic mass is 35.5. The molecule has 0 spiro atoms. The number of hydrogen-bond donors (Lipinski definition) is 1. The van der Waals surface area contributed by atoms with Crippen molar-refractivity contribution in [1.29, 1.82) is 0 Å². The second-order valence-electron chi connectivity index (χ2n) is 6.78. The Kier molecular flexibility index (Phi) is 8.01. The van der Waals surface area contributed by atoms with Crippen LogP contribution in [0.2, 0.25) is 0 Å². The molecule has 0 unspecified atom stereocenters. The van der Waals surface area contributed by atoms with Crippen LogP contribution in [0.25, 0.3) is 0 Å². The molecule has 0 radical (unpaired) electrons. The lowest BCUT2D eigenvalue weighted by Gasteiger charge is -2.32. The average Bonchev–Trinajstić information content (AvgIpc) is 2.72. The van der Waals surface area contributed by atoms with E-state index in [0.717, 1.165) is 39.0 Å². The number of amides is 1. The topological polar surface area (TPSA) is 49.4 Å². The molecule has 0 atom stereocenters. The summed E-state index contributed by atoms with van der Waals surface area (Å²) >= 11 is 0. The number of rotatable bonds is 6. The summed E-state index contributed by atoms with van der Waals surface area (Å²) in [5.41, 5.74) is 1.60. The van der Waals surface area contributed by atoms with Crippen LogP contribution in [-0.2, 0) is 0 Å². The van der Waals surface area contributed by atoms with E-state index in [1.54, 1.807) is 24.3 Å². The number of piperidine rings is 1. The van der Waals surface area contributed by atoms with Gasteiger partial charge < -0.3 is 10.2 Å². The van der Waals surface area contributed by atoms with Gasteiger partial charge in [-0.2, -0.15) is 0 Å². The first kappa shape index (κ1) is 21.1. The van der Waals surface area contributed by atoms with E-state index in [4.69, 9.17) is 0 Å². The molecule has 2 aromatic rings. The molecule has 0 saturated carbocycles. The third-order valence-electron chi connectivity index (χ3n) is 5.02. The van der Waals surface area contributed by atoms with Gasteiger partial charge in [0.1, 0.15) is 0 Å². The standard InChI is InChI=1S/C22H26N2O2.ClH/c1-2-23-16-17-12-14-24(15-13-17)22(26)20-11-7-6-10-19(20)21(25)18-8-4-3-5-9-18;/h3-11,17,23H,2,12-16H2,1H3;1H. The monoisotopic (exact) mass is 386 g/mol. The van der Waals surface area contributed by atoms with Crippen molar-refractivity contribution in [3.05, 3.63) is 71.3 Å². The first-order chi connectivity index (χ1) is 12.7. The van der Waals surface area contributed by atoms with Gasteiger partial charge in [0.05, 0.1) is 5.56 Å².